The highest BCUT2D eigenvalue weighted by molar-refractivity contribution is 8.00. The van der Waals surface area contributed by atoms with Crippen molar-refractivity contribution in [3.63, 3.8) is 0 Å². The van der Waals surface area contributed by atoms with Crippen molar-refractivity contribution >= 4 is 23.6 Å². The van der Waals surface area contributed by atoms with E-state index in [2.05, 4.69) is 4.98 Å². The minimum Gasteiger partial charge on any atom is -0.481 e. The first-order valence-corrected chi connectivity index (χ1v) is 6.17. The Balaban J connectivity index is 2.34. The first kappa shape index (κ1) is 13.5. The molecule has 5 nitrogen and oxygen atoms in total. The minimum absolute atomic E-state index is 0.0491. The first-order valence-electron chi connectivity index (χ1n) is 5.02. The number of nitrogens with zero attached hydrogens (tertiary/aromatic N) is 2. The molecule has 0 aliphatic rings. The number of carbonyl (C=O) groups excluding carboxylic acids is 1. The number of carboxylic acids is 1. The van der Waals surface area contributed by atoms with Crippen molar-refractivity contribution in [2.75, 3.05) is 18.6 Å². The summed E-state index contributed by atoms with van der Waals surface area (Å²) in [4.78, 5) is 27.4. The zero-order valence-corrected chi connectivity index (χ0v) is 10.3. The van der Waals surface area contributed by atoms with Crippen LogP contribution in [0.5, 0.6) is 0 Å². The average Bonchev–Trinajstić information content (AvgIpc) is 2.29. The number of carboxylic acid groups (broad SMARTS) is 1. The number of amides is 1. The second kappa shape index (κ2) is 6.90. The summed E-state index contributed by atoms with van der Waals surface area (Å²) in [5, 5.41) is 8.45. The second-order valence-corrected chi connectivity index (χ2v) is 4.48. The van der Waals surface area contributed by atoms with Crippen LogP contribution >= 0.6 is 11.8 Å². The molecule has 0 saturated heterocycles. The molecule has 1 N–H and O–H groups in total. The third-order valence-corrected chi connectivity index (χ3v) is 2.92. The van der Waals surface area contributed by atoms with Gasteiger partial charge in [0.15, 0.2) is 0 Å². The molecular weight excluding hydrogens is 240 g/mol. The Labute approximate surface area is 104 Å². The van der Waals surface area contributed by atoms with Crippen molar-refractivity contribution in [3.8, 4) is 0 Å². The molecule has 92 valence electrons. The zero-order chi connectivity index (χ0) is 12.7. The first-order chi connectivity index (χ1) is 8.09. The smallest absolute Gasteiger partial charge is 0.313 e. The van der Waals surface area contributed by atoms with Crippen LogP contribution in [0.2, 0.25) is 0 Å². The molecule has 17 heavy (non-hydrogen) atoms. The van der Waals surface area contributed by atoms with Gasteiger partial charge in [-0.05, 0) is 11.6 Å². The molecule has 0 fully saturated rings. The molecule has 1 aromatic heterocycles. The van der Waals surface area contributed by atoms with Gasteiger partial charge in [-0.2, -0.15) is 0 Å². The van der Waals surface area contributed by atoms with E-state index < -0.39 is 5.97 Å². The topological polar surface area (TPSA) is 70.5 Å². The highest BCUT2D eigenvalue weighted by atomic mass is 32.2. The van der Waals surface area contributed by atoms with E-state index in [1.165, 1.54) is 0 Å². The van der Waals surface area contributed by atoms with Crippen LogP contribution in [0, 0.1) is 0 Å². The molecule has 0 aliphatic heterocycles. The molecular formula is C11H14N2O3S. The van der Waals surface area contributed by atoms with E-state index >= 15 is 0 Å². The lowest BCUT2D eigenvalue weighted by Gasteiger charge is -2.16. The van der Waals surface area contributed by atoms with Crippen LogP contribution in [0.1, 0.15) is 5.56 Å². The van der Waals surface area contributed by atoms with E-state index in [4.69, 9.17) is 5.11 Å². The molecule has 1 heterocycles. The van der Waals surface area contributed by atoms with Crippen LogP contribution in [0.4, 0.5) is 0 Å². The van der Waals surface area contributed by atoms with Gasteiger partial charge in [0.1, 0.15) is 0 Å². The van der Waals surface area contributed by atoms with Crippen molar-refractivity contribution in [3.05, 3.63) is 30.1 Å². The molecule has 1 rings (SSSR count). The highest BCUT2D eigenvalue weighted by Gasteiger charge is 2.10. The van der Waals surface area contributed by atoms with Crippen LogP contribution in [-0.2, 0) is 16.1 Å². The molecule has 0 radical (unpaired) electrons. The number of aliphatic carboxylic acids is 1. The number of hydrogen-bond acceptors (Lipinski definition) is 4. The number of hydrogen-bond donors (Lipinski definition) is 1. The van der Waals surface area contributed by atoms with E-state index in [1.54, 1.807) is 24.3 Å². The Morgan fingerprint density at radius 3 is 2.82 bits per heavy atom. The van der Waals surface area contributed by atoms with E-state index in [1.807, 2.05) is 12.1 Å². The Morgan fingerprint density at radius 2 is 2.24 bits per heavy atom. The lowest BCUT2D eigenvalue weighted by molar-refractivity contribution is -0.133. The van der Waals surface area contributed by atoms with Gasteiger partial charge in [0, 0.05) is 26.0 Å². The average molecular weight is 254 g/mol. The van der Waals surface area contributed by atoms with Crippen molar-refractivity contribution in [2.24, 2.45) is 0 Å². The molecule has 1 amide bonds. The molecule has 6 heteroatoms. The zero-order valence-electron chi connectivity index (χ0n) is 9.50. The van der Waals surface area contributed by atoms with E-state index in [9.17, 15) is 9.59 Å². The standard InChI is InChI=1S/C11H14N2O3S/c1-13(6-9-3-2-4-12-5-9)10(14)7-17-8-11(15)16/h2-5H,6-8H2,1H3,(H,15,16). The Morgan fingerprint density at radius 1 is 1.47 bits per heavy atom. The maximum atomic E-state index is 11.6. The molecule has 0 aliphatic carbocycles. The van der Waals surface area contributed by atoms with Crippen molar-refractivity contribution in [2.45, 2.75) is 6.54 Å². The SMILES string of the molecule is CN(Cc1cccnc1)C(=O)CSCC(=O)O. The van der Waals surface area contributed by atoms with Crippen LogP contribution in [-0.4, -0.2) is 45.4 Å². The molecule has 0 bridgehead atoms. The Hall–Kier alpha value is -1.56. The number of pyridine rings is 1. The number of carbonyl (C=O) groups is 2. The lowest BCUT2D eigenvalue weighted by Crippen LogP contribution is -2.28. The second-order valence-electron chi connectivity index (χ2n) is 3.50. The number of thioether (sulfide) groups is 1. The van der Waals surface area contributed by atoms with Gasteiger partial charge in [0.2, 0.25) is 5.91 Å². The Bertz CT molecular complexity index is 384. The summed E-state index contributed by atoms with van der Waals surface area (Å²) >= 11 is 1.10. The monoisotopic (exact) mass is 254 g/mol. The van der Waals surface area contributed by atoms with Gasteiger partial charge >= 0.3 is 5.97 Å². The normalized spacial score (nSPS) is 9.94. The molecule has 0 atom stereocenters. The molecule has 0 spiro atoms. The van der Waals surface area contributed by atoms with Crippen LogP contribution in [0.3, 0.4) is 0 Å². The summed E-state index contributed by atoms with van der Waals surface area (Å²) in [5.41, 5.74) is 0.951. The van der Waals surface area contributed by atoms with Crippen LogP contribution < -0.4 is 0 Å². The summed E-state index contributed by atoms with van der Waals surface area (Å²) in [6.07, 6.45) is 3.38. The number of aromatic nitrogens is 1. The molecule has 1 aromatic rings. The lowest BCUT2D eigenvalue weighted by atomic mass is 10.3. The summed E-state index contributed by atoms with van der Waals surface area (Å²) in [5.74, 6) is -0.854. The predicted molar refractivity (Wildman–Crippen MR) is 65.7 cm³/mol. The summed E-state index contributed by atoms with van der Waals surface area (Å²) in [6.45, 7) is 0.486. The minimum atomic E-state index is -0.905. The quantitative estimate of drug-likeness (QED) is 0.815. The molecule has 0 aromatic carbocycles. The third-order valence-electron chi connectivity index (χ3n) is 2.02. The van der Waals surface area contributed by atoms with Crippen molar-refractivity contribution in [1.29, 1.82) is 0 Å². The van der Waals surface area contributed by atoms with E-state index in [0.29, 0.717) is 6.54 Å². The number of rotatable bonds is 6. The predicted octanol–water partition coefficient (Wildman–Crippen LogP) is 0.858. The van der Waals surface area contributed by atoms with Gasteiger partial charge in [-0.15, -0.1) is 11.8 Å². The largest absolute Gasteiger partial charge is 0.481 e. The van der Waals surface area contributed by atoms with Crippen LogP contribution in [0.25, 0.3) is 0 Å². The van der Waals surface area contributed by atoms with Crippen molar-refractivity contribution in [1.82, 2.24) is 9.88 Å². The maximum absolute atomic E-state index is 11.6. The van der Waals surface area contributed by atoms with Gasteiger partial charge in [-0.3, -0.25) is 14.6 Å². The molecule has 0 unspecified atom stereocenters. The molecule has 0 saturated carbocycles. The van der Waals surface area contributed by atoms with Crippen LogP contribution in [0.15, 0.2) is 24.5 Å². The maximum Gasteiger partial charge on any atom is 0.313 e. The summed E-state index contributed by atoms with van der Waals surface area (Å²) in [6, 6.07) is 3.70. The summed E-state index contributed by atoms with van der Waals surface area (Å²) < 4.78 is 0. The van der Waals surface area contributed by atoms with Gasteiger partial charge < -0.3 is 10.0 Å². The fourth-order valence-electron chi connectivity index (χ4n) is 1.19. The fourth-order valence-corrected chi connectivity index (χ4v) is 1.86. The Kier molecular flexibility index (Phi) is 5.48. The fraction of sp³-hybridized carbons (Fsp3) is 0.364. The van der Waals surface area contributed by atoms with Gasteiger partial charge in [-0.1, -0.05) is 6.07 Å². The van der Waals surface area contributed by atoms with Gasteiger partial charge in [0.25, 0.3) is 0 Å². The van der Waals surface area contributed by atoms with E-state index in [0.717, 1.165) is 17.3 Å². The summed E-state index contributed by atoms with van der Waals surface area (Å²) in [7, 11) is 1.69. The van der Waals surface area contributed by atoms with Gasteiger partial charge in [0.05, 0.1) is 11.5 Å². The highest BCUT2D eigenvalue weighted by Crippen LogP contribution is 2.05. The van der Waals surface area contributed by atoms with E-state index in [-0.39, 0.29) is 17.4 Å². The van der Waals surface area contributed by atoms with Gasteiger partial charge in [-0.25, -0.2) is 0 Å². The third kappa shape index (κ3) is 5.35. The van der Waals surface area contributed by atoms with Crippen molar-refractivity contribution < 1.29 is 14.7 Å².